The molecule has 0 radical (unpaired) electrons. The number of nitrogens with zero attached hydrogens (tertiary/aromatic N) is 4. The maximum atomic E-state index is 9.50. The quantitative estimate of drug-likeness (QED) is 0.501. The number of fused-ring (bicyclic) bond motifs is 1. The van der Waals surface area contributed by atoms with Crippen molar-refractivity contribution in [3.05, 3.63) is 77.3 Å². The van der Waals surface area contributed by atoms with E-state index >= 15 is 0 Å². The van der Waals surface area contributed by atoms with E-state index in [0.29, 0.717) is 27.9 Å². The molecule has 27 heavy (non-hydrogen) atoms. The Morgan fingerprint density at radius 1 is 1.07 bits per heavy atom. The monoisotopic (exact) mass is 372 g/mol. The Balaban J connectivity index is 1.56. The number of benzene rings is 2. The third kappa shape index (κ3) is 3.78. The number of halogens is 1. The van der Waals surface area contributed by atoms with Crippen LogP contribution in [0.4, 0.5) is 11.6 Å². The van der Waals surface area contributed by atoms with Crippen LogP contribution in [0.25, 0.3) is 22.7 Å². The first-order valence-corrected chi connectivity index (χ1v) is 8.50. The van der Waals surface area contributed by atoms with Crippen LogP contribution in [-0.2, 0) is 0 Å². The summed E-state index contributed by atoms with van der Waals surface area (Å²) in [5, 5.41) is 13.2. The van der Waals surface area contributed by atoms with Crippen LogP contribution in [0.3, 0.4) is 0 Å². The van der Waals surface area contributed by atoms with Gasteiger partial charge < -0.3 is 10.3 Å². The molecule has 0 fully saturated rings. The van der Waals surface area contributed by atoms with Gasteiger partial charge in [-0.15, -0.1) is 0 Å². The summed E-state index contributed by atoms with van der Waals surface area (Å²) < 4.78 is 0. The van der Waals surface area contributed by atoms with Crippen molar-refractivity contribution in [1.82, 2.24) is 19.9 Å². The molecule has 6 nitrogen and oxygen atoms in total. The lowest BCUT2D eigenvalue weighted by Gasteiger charge is -2.04. The third-order valence-electron chi connectivity index (χ3n) is 3.85. The third-order valence-corrected chi connectivity index (χ3v) is 4.10. The zero-order valence-corrected chi connectivity index (χ0v) is 14.8. The zero-order valence-electron chi connectivity index (χ0n) is 14.0. The number of anilines is 2. The summed E-state index contributed by atoms with van der Waals surface area (Å²) >= 11 is 5.87. The lowest BCUT2D eigenvalue weighted by molar-refractivity contribution is 1.16. The predicted molar refractivity (Wildman–Crippen MR) is 106 cm³/mol. The second-order valence-electron chi connectivity index (χ2n) is 5.74. The van der Waals surface area contributed by atoms with Gasteiger partial charge in [-0.05, 0) is 42.5 Å². The van der Waals surface area contributed by atoms with Crippen molar-refractivity contribution in [2.45, 2.75) is 0 Å². The zero-order chi connectivity index (χ0) is 18.6. The van der Waals surface area contributed by atoms with Gasteiger partial charge in [-0.25, -0.2) is 15.0 Å². The highest BCUT2D eigenvalue weighted by Gasteiger charge is 2.08. The number of para-hydroxylation sites is 2. The van der Waals surface area contributed by atoms with E-state index in [-0.39, 0.29) is 0 Å². The van der Waals surface area contributed by atoms with Gasteiger partial charge in [0.2, 0.25) is 5.95 Å². The summed E-state index contributed by atoms with van der Waals surface area (Å²) in [5.41, 5.74) is 3.64. The molecule has 0 atom stereocenters. The van der Waals surface area contributed by atoms with Crippen molar-refractivity contribution in [2.24, 2.45) is 0 Å². The molecule has 0 aliphatic rings. The van der Waals surface area contributed by atoms with Gasteiger partial charge in [0.25, 0.3) is 0 Å². The number of allylic oxidation sites excluding steroid dienone is 1. The number of hydrogen-bond donors (Lipinski definition) is 2. The first-order chi connectivity index (χ1) is 13.2. The molecule has 0 amide bonds. The van der Waals surface area contributed by atoms with Gasteiger partial charge in [0, 0.05) is 28.7 Å². The summed E-state index contributed by atoms with van der Waals surface area (Å²) in [4.78, 5) is 16.2. The van der Waals surface area contributed by atoms with E-state index in [1.54, 1.807) is 30.6 Å². The highest BCUT2D eigenvalue weighted by molar-refractivity contribution is 6.30. The van der Waals surface area contributed by atoms with Gasteiger partial charge in [0.1, 0.15) is 11.9 Å². The van der Waals surface area contributed by atoms with E-state index in [0.717, 1.165) is 16.7 Å². The number of H-pyrrole nitrogens is 1. The molecule has 0 aliphatic heterocycles. The predicted octanol–water partition coefficient (Wildman–Crippen LogP) is 4.81. The highest BCUT2D eigenvalue weighted by Crippen LogP contribution is 2.20. The van der Waals surface area contributed by atoms with Gasteiger partial charge in [-0.3, -0.25) is 0 Å². The molecular formula is C20H13ClN6. The average Bonchev–Trinajstić information content (AvgIpc) is 3.13. The minimum atomic E-state index is 0.410. The fraction of sp³-hybridized carbons (Fsp3) is 0. The summed E-state index contributed by atoms with van der Waals surface area (Å²) in [7, 11) is 0. The molecule has 0 bridgehead atoms. The summed E-state index contributed by atoms with van der Waals surface area (Å²) in [6.45, 7) is 0. The van der Waals surface area contributed by atoms with Crippen LogP contribution in [0.1, 0.15) is 11.4 Å². The van der Waals surface area contributed by atoms with Crippen LogP contribution in [-0.4, -0.2) is 19.9 Å². The number of aromatic nitrogens is 4. The Labute approximate surface area is 160 Å². The minimum absolute atomic E-state index is 0.410. The molecule has 130 valence electrons. The van der Waals surface area contributed by atoms with E-state index in [4.69, 9.17) is 11.6 Å². The number of imidazole rings is 1. The SMILES string of the molecule is N#CC(=Cc1cnc(Nc2ccc(Cl)cc2)nc1)c1nc2ccccc2[nH]1. The molecule has 0 saturated heterocycles. The van der Waals surface area contributed by atoms with Crippen molar-refractivity contribution in [3.63, 3.8) is 0 Å². The molecule has 2 N–H and O–H groups in total. The van der Waals surface area contributed by atoms with Gasteiger partial charge in [0.05, 0.1) is 16.6 Å². The molecule has 0 aliphatic carbocycles. The topological polar surface area (TPSA) is 90.3 Å². The normalized spacial score (nSPS) is 11.3. The largest absolute Gasteiger partial charge is 0.337 e. The van der Waals surface area contributed by atoms with Crippen molar-refractivity contribution in [3.8, 4) is 6.07 Å². The molecule has 0 spiro atoms. The Morgan fingerprint density at radius 2 is 1.81 bits per heavy atom. The number of nitriles is 1. The fourth-order valence-corrected chi connectivity index (χ4v) is 2.67. The molecule has 2 aromatic heterocycles. The second kappa shape index (κ2) is 7.28. The number of hydrogen-bond acceptors (Lipinski definition) is 5. The molecule has 4 rings (SSSR count). The van der Waals surface area contributed by atoms with E-state index in [9.17, 15) is 5.26 Å². The van der Waals surface area contributed by atoms with E-state index < -0.39 is 0 Å². The maximum absolute atomic E-state index is 9.50. The molecule has 0 saturated carbocycles. The Hall–Kier alpha value is -3.69. The van der Waals surface area contributed by atoms with Crippen LogP contribution in [0.15, 0.2) is 60.9 Å². The summed E-state index contributed by atoms with van der Waals surface area (Å²) in [6, 6.07) is 17.1. The van der Waals surface area contributed by atoms with Crippen LogP contribution in [0, 0.1) is 11.3 Å². The van der Waals surface area contributed by atoms with Gasteiger partial charge in [-0.1, -0.05) is 23.7 Å². The van der Waals surface area contributed by atoms with Crippen molar-refractivity contribution in [2.75, 3.05) is 5.32 Å². The van der Waals surface area contributed by atoms with Crippen LogP contribution in [0.5, 0.6) is 0 Å². The van der Waals surface area contributed by atoms with Gasteiger partial charge in [-0.2, -0.15) is 5.26 Å². The van der Waals surface area contributed by atoms with Crippen molar-refractivity contribution >= 4 is 45.9 Å². The highest BCUT2D eigenvalue weighted by atomic mass is 35.5. The molecule has 0 unspecified atom stereocenters. The van der Waals surface area contributed by atoms with Crippen LogP contribution >= 0.6 is 11.6 Å². The number of aromatic amines is 1. The molecule has 4 aromatic rings. The molecule has 7 heteroatoms. The van der Waals surface area contributed by atoms with E-state index in [1.807, 2.05) is 36.4 Å². The number of nitrogens with one attached hydrogen (secondary N) is 2. The van der Waals surface area contributed by atoms with Gasteiger partial charge in [0.15, 0.2) is 0 Å². The summed E-state index contributed by atoms with van der Waals surface area (Å²) in [5.74, 6) is 0.971. The maximum Gasteiger partial charge on any atom is 0.227 e. The van der Waals surface area contributed by atoms with Crippen molar-refractivity contribution in [1.29, 1.82) is 5.26 Å². The number of rotatable bonds is 4. The van der Waals surface area contributed by atoms with Crippen LogP contribution in [0.2, 0.25) is 5.02 Å². The lowest BCUT2D eigenvalue weighted by atomic mass is 10.2. The molecule has 2 aromatic carbocycles. The van der Waals surface area contributed by atoms with E-state index in [2.05, 4.69) is 31.3 Å². The Morgan fingerprint density at radius 3 is 2.52 bits per heavy atom. The van der Waals surface area contributed by atoms with Crippen LogP contribution < -0.4 is 5.32 Å². The fourth-order valence-electron chi connectivity index (χ4n) is 2.54. The Bertz CT molecular complexity index is 1120. The first-order valence-electron chi connectivity index (χ1n) is 8.13. The lowest BCUT2D eigenvalue weighted by Crippen LogP contribution is -1.96. The minimum Gasteiger partial charge on any atom is -0.337 e. The molecular weight excluding hydrogens is 360 g/mol. The van der Waals surface area contributed by atoms with E-state index in [1.165, 1.54) is 0 Å². The Kier molecular flexibility index (Phi) is 4.52. The second-order valence-corrected chi connectivity index (χ2v) is 6.18. The average molecular weight is 373 g/mol. The van der Waals surface area contributed by atoms with Crippen molar-refractivity contribution < 1.29 is 0 Å². The smallest absolute Gasteiger partial charge is 0.227 e. The standard InChI is InChI=1S/C20H13ClN6/c21-15-5-7-16(8-6-15)25-20-23-11-13(12-24-20)9-14(10-22)19-26-17-3-1-2-4-18(17)27-19/h1-9,11-12H,(H,26,27)(H,23,24,25). The molecule has 2 heterocycles. The first kappa shape index (κ1) is 16.8. The summed E-state index contributed by atoms with van der Waals surface area (Å²) in [6.07, 6.45) is 4.99. The van der Waals surface area contributed by atoms with Gasteiger partial charge >= 0.3 is 0 Å².